The molecular formula is C21H17F3. The number of hydrogen-bond acceptors (Lipinski definition) is 0. The van der Waals surface area contributed by atoms with Crippen LogP contribution < -0.4 is 0 Å². The molecule has 0 N–H and O–H groups in total. The van der Waals surface area contributed by atoms with E-state index in [1.165, 1.54) is 6.07 Å². The minimum Gasteiger partial charge on any atom is -0.205 e. The monoisotopic (exact) mass is 326 g/mol. The molecule has 0 amide bonds. The van der Waals surface area contributed by atoms with E-state index in [2.05, 4.69) is 17.9 Å². The van der Waals surface area contributed by atoms with Crippen LogP contribution in [0.3, 0.4) is 0 Å². The smallest absolute Gasteiger partial charge is 0.160 e. The van der Waals surface area contributed by atoms with Gasteiger partial charge in [0.2, 0.25) is 0 Å². The summed E-state index contributed by atoms with van der Waals surface area (Å²) in [5, 5.41) is 0. The van der Waals surface area contributed by atoms with Crippen molar-refractivity contribution in [1.82, 2.24) is 0 Å². The minimum absolute atomic E-state index is 0.290. The minimum atomic E-state index is -0.956. The number of fused-ring (bicyclic) bond motifs is 1. The molecular weight excluding hydrogens is 309 g/mol. The van der Waals surface area contributed by atoms with Crippen molar-refractivity contribution in [3.05, 3.63) is 82.2 Å². The van der Waals surface area contributed by atoms with Gasteiger partial charge in [-0.2, -0.15) is 0 Å². The van der Waals surface area contributed by atoms with Crippen molar-refractivity contribution in [3.8, 4) is 11.8 Å². The van der Waals surface area contributed by atoms with Crippen molar-refractivity contribution in [1.29, 1.82) is 0 Å². The van der Waals surface area contributed by atoms with Crippen LogP contribution in [0.5, 0.6) is 0 Å². The molecule has 0 aliphatic heterocycles. The number of rotatable bonds is 1. The number of halogens is 3. The predicted molar refractivity (Wildman–Crippen MR) is 89.1 cm³/mol. The molecule has 0 saturated heterocycles. The first kappa shape index (κ1) is 16.4. The summed E-state index contributed by atoms with van der Waals surface area (Å²) in [6.45, 7) is 1.99. The highest BCUT2D eigenvalue weighted by Crippen LogP contribution is 2.29. The van der Waals surface area contributed by atoms with Gasteiger partial charge in [-0.15, -0.1) is 0 Å². The summed E-state index contributed by atoms with van der Waals surface area (Å²) in [4.78, 5) is 0. The van der Waals surface area contributed by atoms with E-state index in [1.54, 1.807) is 6.07 Å². The van der Waals surface area contributed by atoms with Crippen molar-refractivity contribution in [3.63, 3.8) is 0 Å². The molecule has 24 heavy (non-hydrogen) atoms. The lowest BCUT2D eigenvalue weighted by Gasteiger charge is -2.23. The van der Waals surface area contributed by atoms with Gasteiger partial charge in [0, 0.05) is 5.56 Å². The first-order chi connectivity index (χ1) is 11.6. The molecule has 2 aromatic carbocycles. The third-order valence-electron chi connectivity index (χ3n) is 4.31. The van der Waals surface area contributed by atoms with Gasteiger partial charge < -0.3 is 0 Å². The maximum atomic E-state index is 14.7. The van der Waals surface area contributed by atoms with Gasteiger partial charge >= 0.3 is 0 Å². The number of benzene rings is 2. The summed E-state index contributed by atoms with van der Waals surface area (Å²) >= 11 is 0. The predicted octanol–water partition coefficient (Wildman–Crippen LogP) is 5.18. The van der Waals surface area contributed by atoms with Crippen LogP contribution in [0.4, 0.5) is 13.2 Å². The average molecular weight is 326 g/mol. The molecule has 0 aromatic heterocycles. The molecule has 3 heteroatoms. The molecule has 0 nitrogen and oxygen atoms in total. The molecule has 0 saturated carbocycles. The van der Waals surface area contributed by atoms with E-state index in [0.717, 1.165) is 36.1 Å². The second kappa shape index (κ2) is 6.97. The quantitative estimate of drug-likeness (QED) is 0.500. The zero-order chi connectivity index (χ0) is 17.1. The zero-order valence-electron chi connectivity index (χ0n) is 13.4. The van der Waals surface area contributed by atoms with Gasteiger partial charge in [-0.3, -0.25) is 0 Å². The van der Waals surface area contributed by atoms with E-state index in [1.807, 2.05) is 19.1 Å². The Morgan fingerprint density at radius 1 is 1.04 bits per heavy atom. The van der Waals surface area contributed by atoms with Gasteiger partial charge in [0.05, 0.1) is 5.56 Å². The Labute approximate surface area is 140 Å². The fourth-order valence-electron chi connectivity index (χ4n) is 3.08. The van der Waals surface area contributed by atoms with Gasteiger partial charge in [0.1, 0.15) is 5.82 Å². The van der Waals surface area contributed by atoms with Crippen LogP contribution in [0.1, 0.15) is 35.6 Å². The highest BCUT2D eigenvalue weighted by atomic mass is 19.2. The maximum absolute atomic E-state index is 14.7. The summed E-state index contributed by atoms with van der Waals surface area (Å²) < 4.78 is 40.8. The van der Waals surface area contributed by atoms with Crippen LogP contribution in [0.25, 0.3) is 0 Å². The Morgan fingerprint density at radius 3 is 2.62 bits per heavy atom. The van der Waals surface area contributed by atoms with Crippen molar-refractivity contribution < 1.29 is 13.2 Å². The summed E-state index contributed by atoms with van der Waals surface area (Å²) in [5.74, 6) is 3.73. The Bertz CT molecular complexity index is 853. The third-order valence-corrected chi connectivity index (χ3v) is 4.31. The van der Waals surface area contributed by atoms with Gasteiger partial charge in [0.15, 0.2) is 11.6 Å². The van der Waals surface area contributed by atoms with Crippen LogP contribution in [0, 0.1) is 35.2 Å². The fourth-order valence-corrected chi connectivity index (χ4v) is 3.08. The molecule has 0 radical (unpaired) electrons. The van der Waals surface area contributed by atoms with E-state index in [0.29, 0.717) is 23.5 Å². The molecule has 2 aromatic rings. The topological polar surface area (TPSA) is 0 Å². The number of allylic oxidation sites excluding steroid dienone is 2. The summed E-state index contributed by atoms with van der Waals surface area (Å²) in [6.07, 6.45) is 6.66. The normalized spacial score (nSPS) is 16.6. The summed E-state index contributed by atoms with van der Waals surface area (Å²) in [6, 6.07) is 7.00. The van der Waals surface area contributed by atoms with Crippen LogP contribution >= 0.6 is 0 Å². The highest BCUT2D eigenvalue weighted by Gasteiger charge is 2.20. The fraction of sp³-hybridized carbons (Fsp3) is 0.238. The van der Waals surface area contributed by atoms with Crippen LogP contribution in [0.2, 0.25) is 0 Å². The third kappa shape index (κ3) is 3.38. The van der Waals surface area contributed by atoms with E-state index in [4.69, 9.17) is 0 Å². The van der Waals surface area contributed by atoms with Gasteiger partial charge in [-0.05, 0) is 67.5 Å². The highest BCUT2D eigenvalue weighted by molar-refractivity contribution is 5.47. The van der Waals surface area contributed by atoms with Gasteiger partial charge in [-0.1, -0.05) is 30.1 Å². The van der Waals surface area contributed by atoms with Crippen molar-refractivity contribution in [2.24, 2.45) is 5.92 Å². The Balaban J connectivity index is 1.89. The summed E-state index contributed by atoms with van der Waals surface area (Å²) in [5.41, 5.74) is 2.37. The van der Waals surface area contributed by atoms with Gasteiger partial charge in [0.25, 0.3) is 0 Å². The molecule has 1 unspecified atom stereocenters. The number of hydrogen-bond donors (Lipinski definition) is 0. The van der Waals surface area contributed by atoms with Gasteiger partial charge in [-0.25, -0.2) is 13.2 Å². The lowest BCUT2D eigenvalue weighted by Crippen LogP contribution is -2.14. The molecule has 0 fully saturated rings. The Kier molecular flexibility index (Phi) is 4.76. The first-order valence-electron chi connectivity index (χ1n) is 7.98. The first-order valence-corrected chi connectivity index (χ1v) is 7.98. The molecule has 1 atom stereocenters. The van der Waals surface area contributed by atoms with Crippen molar-refractivity contribution in [2.75, 3.05) is 0 Å². The zero-order valence-corrected chi connectivity index (χ0v) is 13.4. The van der Waals surface area contributed by atoms with Crippen LogP contribution in [-0.4, -0.2) is 0 Å². The Morgan fingerprint density at radius 2 is 1.88 bits per heavy atom. The van der Waals surface area contributed by atoms with E-state index in [9.17, 15) is 13.2 Å². The molecule has 0 bridgehead atoms. The molecule has 1 aliphatic carbocycles. The average Bonchev–Trinajstić information content (AvgIpc) is 2.57. The molecule has 122 valence electrons. The summed E-state index contributed by atoms with van der Waals surface area (Å²) in [7, 11) is 0. The second-order valence-corrected chi connectivity index (χ2v) is 5.97. The largest absolute Gasteiger partial charge is 0.205 e. The van der Waals surface area contributed by atoms with Crippen molar-refractivity contribution >= 4 is 0 Å². The lowest BCUT2D eigenvalue weighted by atomic mass is 9.82. The van der Waals surface area contributed by atoms with Crippen LogP contribution in [0.15, 0.2) is 42.5 Å². The molecule has 0 spiro atoms. The van der Waals surface area contributed by atoms with E-state index < -0.39 is 11.6 Å². The van der Waals surface area contributed by atoms with E-state index >= 15 is 0 Å². The Hall–Kier alpha value is -2.47. The maximum Gasteiger partial charge on any atom is 0.160 e. The van der Waals surface area contributed by atoms with Crippen LogP contribution in [-0.2, 0) is 12.8 Å². The van der Waals surface area contributed by atoms with Crippen molar-refractivity contribution in [2.45, 2.75) is 26.2 Å². The molecule has 1 aliphatic rings. The lowest BCUT2D eigenvalue weighted by molar-refractivity contribution is 0.508. The van der Waals surface area contributed by atoms with E-state index in [-0.39, 0.29) is 5.82 Å². The molecule has 3 rings (SSSR count). The standard InChI is InChI=1S/C21H17F3/c1-2-3-14-5-10-18-17(12-14)9-8-16(21(18)24)7-4-15-6-11-19(22)20(23)13-15/h2-3,6,8-9,11,13-14H,5,10,12H2,1H3/b3-2+. The SMILES string of the molecule is C/C=C/C1CCc2c(ccc(C#Cc3ccc(F)c(F)c3)c2F)C1. The second-order valence-electron chi connectivity index (χ2n) is 5.97. The molecule has 0 heterocycles.